The van der Waals surface area contributed by atoms with E-state index >= 15 is 0 Å². The number of allylic oxidation sites excluding steroid dienone is 1. The molecule has 132 valence electrons. The van der Waals surface area contributed by atoms with Crippen LogP contribution in [0.3, 0.4) is 0 Å². The number of imidazole rings is 1. The third-order valence-corrected chi connectivity index (χ3v) is 4.36. The molecule has 0 radical (unpaired) electrons. The molecule has 4 nitrogen and oxygen atoms in total. The summed E-state index contributed by atoms with van der Waals surface area (Å²) in [5.41, 5.74) is 1.29. The summed E-state index contributed by atoms with van der Waals surface area (Å²) in [4.78, 5) is 10.1. The minimum Gasteiger partial charge on any atom is -0.305 e. The molecule has 0 bridgehead atoms. The molecule has 0 aliphatic carbocycles. The van der Waals surface area contributed by atoms with Crippen LogP contribution in [0.15, 0.2) is 53.4 Å². The van der Waals surface area contributed by atoms with E-state index in [-0.39, 0.29) is 0 Å². The maximum absolute atomic E-state index is 13.9. The smallest absolute Gasteiger partial charge is 0.208 e. The first-order valence-corrected chi connectivity index (χ1v) is 8.10. The van der Waals surface area contributed by atoms with Gasteiger partial charge in [-0.3, -0.25) is 4.57 Å². The van der Waals surface area contributed by atoms with Crippen molar-refractivity contribution in [1.82, 2.24) is 9.55 Å². The minimum atomic E-state index is -0.988. The first-order chi connectivity index (χ1) is 12.4. The summed E-state index contributed by atoms with van der Waals surface area (Å²) in [6.07, 6.45) is 1.62. The standard InChI is InChI=1S/C18H12ClF3N4/c1-10-24-16-6-14(21)15(22)7-17(16)26(10)18-23-8-12(20)9-25(18)13-4-2-11(19)3-5-13/h2-9,18H,1H3. The van der Waals surface area contributed by atoms with Crippen molar-refractivity contribution in [3.63, 3.8) is 0 Å². The van der Waals surface area contributed by atoms with E-state index in [0.29, 0.717) is 27.6 Å². The molecule has 0 saturated heterocycles. The predicted octanol–water partition coefficient (Wildman–Crippen LogP) is 5.13. The zero-order chi connectivity index (χ0) is 18.4. The molecule has 0 N–H and O–H groups in total. The van der Waals surface area contributed by atoms with E-state index in [9.17, 15) is 13.2 Å². The largest absolute Gasteiger partial charge is 0.305 e. The number of rotatable bonds is 2. The van der Waals surface area contributed by atoms with E-state index in [1.807, 2.05) is 0 Å². The highest BCUT2D eigenvalue weighted by molar-refractivity contribution is 6.30. The normalized spacial score (nSPS) is 17.0. The summed E-state index contributed by atoms with van der Waals surface area (Å²) >= 11 is 5.92. The number of halogens is 4. The number of hydrogen-bond acceptors (Lipinski definition) is 3. The molecule has 1 aliphatic heterocycles. The fourth-order valence-corrected chi connectivity index (χ4v) is 3.08. The first-order valence-electron chi connectivity index (χ1n) is 7.72. The fraction of sp³-hybridized carbons (Fsp3) is 0.111. The third-order valence-electron chi connectivity index (χ3n) is 4.11. The van der Waals surface area contributed by atoms with E-state index in [1.54, 1.807) is 40.7 Å². The van der Waals surface area contributed by atoms with E-state index in [0.717, 1.165) is 18.3 Å². The van der Waals surface area contributed by atoms with Gasteiger partial charge in [-0.2, -0.15) is 0 Å². The van der Waals surface area contributed by atoms with Crippen LogP contribution in [0.2, 0.25) is 5.02 Å². The lowest BCUT2D eigenvalue weighted by molar-refractivity contribution is 0.503. The number of aromatic nitrogens is 2. The molecule has 0 saturated carbocycles. The molecule has 4 rings (SSSR count). The van der Waals surface area contributed by atoms with Crippen molar-refractivity contribution in [3.8, 4) is 0 Å². The number of benzene rings is 2. The number of aliphatic imine (C=N–C) groups is 1. The summed E-state index contributed by atoms with van der Waals surface area (Å²) in [5.74, 6) is -2.01. The van der Waals surface area contributed by atoms with Gasteiger partial charge in [-0.25, -0.2) is 23.1 Å². The molecule has 1 aromatic heterocycles. The molecule has 2 aromatic carbocycles. The highest BCUT2D eigenvalue weighted by atomic mass is 35.5. The maximum atomic E-state index is 13.9. The summed E-state index contributed by atoms with van der Waals surface area (Å²) in [6, 6.07) is 8.87. The van der Waals surface area contributed by atoms with Crippen LogP contribution in [0.25, 0.3) is 11.0 Å². The lowest BCUT2D eigenvalue weighted by Crippen LogP contribution is -2.30. The minimum absolute atomic E-state index is 0.294. The van der Waals surface area contributed by atoms with Crippen LogP contribution in [0.4, 0.5) is 18.9 Å². The summed E-state index contributed by atoms with van der Waals surface area (Å²) < 4.78 is 42.8. The average Bonchev–Trinajstić information content (AvgIpc) is 2.91. The molecule has 1 aliphatic rings. The first kappa shape index (κ1) is 16.7. The van der Waals surface area contributed by atoms with Gasteiger partial charge in [0.15, 0.2) is 17.5 Å². The summed E-state index contributed by atoms with van der Waals surface area (Å²) in [7, 11) is 0. The van der Waals surface area contributed by atoms with Crippen molar-refractivity contribution in [2.24, 2.45) is 4.99 Å². The molecule has 26 heavy (non-hydrogen) atoms. The quantitative estimate of drug-likeness (QED) is 0.621. The Morgan fingerprint density at radius 3 is 2.46 bits per heavy atom. The lowest BCUT2D eigenvalue weighted by Gasteiger charge is -2.31. The number of hydrogen-bond donors (Lipinski definition) is 0. The monoisotopic (exact) mass is 376 g/mol. The van der Waals surface area contributed by atoms with Gasteiger partial charge in [-0.15, -0.1) is 0 Å². The topological polar surface area (TPSA) is 33.4 Å². The van der Waals surface area contributed by atoms with E-state index in [2.05, 4.69) is 9.98 Å². The zero-order valence-electron chi connectivity index (χ0n) is 13.5. The van der Waals surface area contributed by atoms with Crippen molar-refractivity contribution in [3.05, 3.63) is 70.9 Å². The number of nitrogens with zero attached hydrogens (tertiary/aromatic N) is 4. The SMILES string of the molecule is Cc1nc2cc(F)c(F)cc2n1C1N=CC(F)=CN1c1ccc(Cl)cc1. The van der Waals surface area contributed by atoms with Gasteiger partial charge in [0.1, 0.15) is 5.82 Å². The molecular formula is C18H12ClF3N4. The Kier molecular flexibility index (Phi) is 3.96. The Labute approximate surface area is 151 Å². The fourth-order valence-electron chi connectivity index (χ4n) is 2.96. The Hall–Kier alpha value is -2.80. The van der Waals surface area contributed by atoms with Crippen LogP contribution in [0.5, 0.6) is 0 Å². The highest BCUT2D eigenvalue weighted by Gasteiger charge is 2.26. The van der Waals surface area contributed by atoms with E-state index in [1.165, 1.54) is 6.20 Å². The lowest BCUT2D eigenvalue weighted by atomic mass is 10.2. The molecule has 8 heteroatoms. The number of fused-ring (bicyclic) bond motifs is 1. The molecule has 0 amide bonds. The Morgan fingerprint density at radius 1 is 1.04 bits per heavy atom. The third kappa shape index (κ3) is 2.74. The number of anilines is 1. The van der Waals surface area contributed by atoms with E-state index in [4.69, 9.17) is 11.6 Å². The van der Waals surface area contributed by atoms with Crippen LogP contribution < -0.4 is 4.90 Å². The van der Waals surface area contributed by atoms with Crippen LogP contribution in [0.1, 0.15) is 12.1 Å². The maximum Gasteiger partial charge on any atom is 0.208 e. The van der Waals surface area contributed by atoms with Crippen LogP contribution in [-0.4, -0.2) is 15.8 Å². The molecule has 3 aromatic rings. The van der Waals surface area contributed by atoms with Crippen molar-refractivity contribution < 1.29 is 13.2 Å². The second-order valence-electron chi connectivity index (χ2n) is 5.81. The van der Waals surface area contributed by atoms with Gasteiger partial charge in [0.2, 0.25) is 6.29 Å². The molecule has 0 fully saturated rings. The van der Waals surface area contributed by atoms with Gasteiger partial charge in [-0.05, 0) is 31.2 Å². The molecule has 2 heterocycles. The number of aryl methyl sites for hydroxylation is 1. The summed E-state index contributed by atoms with van der Waals surface area (Å²) in [6.45, 7) is 1.69. The zero-order valence-corrected chi connectivity index (χ0v) is 14.3. The predicted molar refractivity (Wildman–Crippen MR) is 95.0 cm³/mol. The van der Waals surface area contributed by atoms with Gasteiger partial charge in [0.25, 0.3) is 0 Å². The van der Waals surface area contributed by atoms with Crippen molar-refractivity contribution in [1.29, 1.82) is 0 Å². The van der Waals surface area contributed by atoms with E-state index < -0.39 is 23.8 Å². The van der Waals surface area contributed by atoms with Gasteiger partial charge >= 0.3 is 0 Å². The Bertz CT molecular complexity index is 1060. The second kappa shape index (κ2) is 6.17. The molecular weight excluding hydrogens is 365 g/mol. The molecule has 1 atom stereocenters. The van der Waals surface area contributed by atoms with Crippen LogP contribution >= 0.6 is 11.6 Å². The average molecular weight is 377 g/mol. The van der Waals surface area contributed by atoms with Crippen LogP contribution in [0, 0.1) is 18.6 Å². The van der Waals surface area contributed by atoms with Crippen molar-refractivity contribution in [2.45, 2.75) is 13.2 Å². The van der Waals surface area contributed by atoms with Gasteiger partial charge < -0.3 is 4.90 Å². The summed E-state index contributed by atoms with van der Waals surface area (Å²) in [5, 5.41) is 0.539. The van der Waals surface area contributed by atoms with Gasteiger partial charge in [-0.1, -0.05) is 11.6 Å². The molecule has 1 unspecified atom stereocenters. The Balaban J connectivity index is 1.89. The Morgan fingerprint density at radius 2 is 1.73 bits per heavy atom. The second-order valence-corrected chi connectivity index (χ2v) is 6.24. The molecule has 0 spiro atoms. The van der Waals surface area contributed by atoms with Crippen molar-refractivity contribution >= 4 is 34.5 Å². The van der Waals surface area contributed by atoms with Crippen molar-refractivity contribution in [2.75, 3.05) is 4.90 Å². The van der Waals surface area contributed by atoms with Gasteiger partial charge in [0.05, 0.1) is 17.2 Å². The highest BCUT2D eigenvalue weighted by Crippen LogP contribution is 2.33. The van der Waals surface area contributed by atoms with Gasteiger partial charge in [0, 0.05) is 29.0 Å². The van der Waals surface area contributed by atoms with Crippen LogP contribution in [-0.2, 0) is 0 Å².